The summed E-state index contributed by atoms with van der Waals surface area (Å²) >= 11 is 0. The molecule has 114 valence electrons. The number of hydrogen-bond donors (Lipinski definition) is 1. The molecule has 1 aliphatic heterocycles. The molecule has 0 amide bonds. The molecule has 7 nitrogen and oxygen atoms in total. The number of aliphatic imine (C=N–C) groups is 1. The van der Waals surface area contributed by atoms with Crippen molar-refractivity contribution >= 4 is 17.9 Å². The second-order valence-corrected chi connectivity index (χ2v) is 5.37. The van der Waals surface area contributed by atoms with E-state index >= 15 is 0 Å². The summed E-state index contributed by atoms with van der Waals surface area (Å²) in [5.74, 6) is -0.123. The molecule has 0 fully saturated rings. The topological polar surface area (TPSA) is 85.7 Å². The minimum Gasteiger partial charge on any atom is -0.475 e. The molecule has 0 unspecified atom stereocenters. The molecule has 0 radical (unpaired) electrons. The highest BCUT2D eigenvalue weighted by molar-refractivity contribution is 5.96. The van der Waals surface area contributed by atoms with E-state index in [-0.39, 0.29) is 29.0 Å². The third-order valence-corrected chi connectivity index (χ3v) is 2.94. The predicted octanol–water partition coefficient (Wildman–Crippen LogP) is 1.11. The Morgan fingerprint density at radius 1 is 1.52 bits per heavy atom. The van der Waals surface area contributed by atoms with Gasteiger partial charge in [0.25, 0.3) is 5.56 Å². The second-order valence-electron chi connectivity index (χ2n) is 5.37. The van der Waals surface area contributed by atoms with Crippen LogP contribution < -0.4 is 5.56 Å². The van der Waals surface area contributed by atoms with E-state index in [1.54, 1.807) is 13.0 Å². The number of ether oxygens (including phenoxy) is 2. The summed E-state index contributed by atoms with van der Waals surface area (Å²) < 4.78 is 11.6. The van der Waals surface area contributed by atoms with Gasteiger partial charge in [-0.2, -0.15) is 0 Å². The van der Waals surface area contributed by atoms with Gasteiger partial charge < -0.3 is 9.47 Å². The van der Waals surface area contributed by atoms with Crippen molar-refractivity contribution in [2.75, 3.05) is 13.2 Å². The van der Waals surface area contributed by atoms with Crippen LogP contribution in [0.1, 0.15) is 36.8 Å². The number of aromatic amines is 1. The molecule has 2 rings (SSSR count). The van der Waals surface area contributed by atoms with Crippen molar-refractivity contribution in [1.82, 2.24) is 9.78 Å². The number of rotatable bonds is 4. The van der Waals surface area contributed by atoms with E-state index < -0.39 is 5.97 Å². The van der Waals surface area contributed by atoms with Crippen LogP contribution in [0, 0.1) is 0 Å². The standard InChI is InChI=1S/C14H19N3O4/c1-5-20-13(19)11-9(12(18)17(4)16-11)6-7-10-15-14(2,3)8-21-10/h6-7,16H,5,8H2,1-4H3. The van der Waals surface area contributed by atoms with Gasteiger partial charge in [-0.15, -0.1) is 0 Å². The molecule has 0 saturated carbocycles. The Kier molecular flexibility index (Phi) is 4.02. The van der Waals surface area contributed by atoms with E-state index in [1.807, 2.05) is 13.8 Å². The lowest BCUT2D eigenvalue weighted by Gasteiger charge is -2.07. The third kappa shape index (κ3) is 3.24. The van der Waals surface area contributed by atoms with Crippen LogP contribution >= 0.6 is 0 Å². The number of esters is 1. The van der Waals surface area contributed by atoms with Crippen LogP contribution in [0.15, 0.2) is 15.9 Å². The van der Waals surface area contributed by atoms with Crippen LogP contribution in [0.2, 0.25) is 0 Å². The molecular formula is C14H19N3O4. The highest BCUT2D eigenvalue weighted by atomic mass is 16.5. The average molecular weight is 293 g/mol. The second kappa shape index (κ2) is 5.59. The maximum atomic E-state index is 12.0. The summed E-state index contributed by atoms with van der Waals surface area (Å²) in [7, 11) is 1.54. The van der Waals surface area contributed by atoms with E-state index in [1.165, 1.54) is 17.8 Å². The normalized spacial score (nSPS) is 16.9. The average Bonchev–Trinajstić information content (AvgIpc) is 2.89. The molecule has 1 N–H and O–H groups in total. The van der Waals surface area contributed by atoms with Crippen LogP contribution in [0.25, 0.3) is 6.08 Å². The van der Waals surface area contributed by atoms with Crippen molar-refractivity contribution in [3.8, 4) is 0 Å². The highest BCUT2D eigenvalue weighted by Crippen LogP contribution is 2.17. The van der Waals surface area contributed by atoms with Crippen molar-refractivity contribution in [2.24, 2.45) is 12.0 Å². The number of carbonyl (C=O) groups excluding carboxylic acids is 1. The third-order valence-electron chi connectivity index (χ3n) is 2.94. The lowest BCUT2D eigenvalue weighted by atomic mass is 10.1. The zero-order valence-electron chi connectivity index (χ0n) is 12.6. The number of carbonyl (C=O) groups is 1. The first-order valence-electron chi connectivity index (χ1n) is 6.71. The summed E-state index contributed by atoms with van der Waals surface area (Å²) in [6.07, 6.45) is 3.10. The van der Waals surface area contributed by atoms with Gasteiger partial charge in [0, 0.05) is 13.1 Å². The van der Waals surface area contributed by atoms with Gasteiger partial charge in [-0.25, -0.2) is 9.79 Å². The molecule has 0 saturated heterocycles. The van der Waals surface area contributed by atoms with Gasteiger partial charge in [0.05, 0.1) is 17.7 Å². The fourth-order valence-corrected chi connectivity index (χ4v) is 1.93. The summed E-state index contributed by atoms with van der Waals surface area (Å²) in [4.78, 5) is 28.2. The molecule has 0 bridgehead atoms. The Morgan fingerprint density at radius 3 is 2.81 bits per heavy atom. The minimum atomic E-state index is -0.565. The molecule has 0 spiro atoms. The lowest BCUT2D eigenvalue weighted by Crippen LogP contribution is -2.17. The van der Waals surface area contributed by atoms with E-state index in [0.717, 1.165) is 0 Å². The lowest BCUT2D eigenvalue weighted by molar-refractivity contribution is 0.0518. The summed E-state index contributed by atoms with van der Waals surface area (Å²) in [6, 6.07) is 0. The highest BCUT2D eigenvalue weighted by Gasteiger charge is 2.25. The number of H-pyrrole nitrogens is 1. The number of aryl methyl sites for hydroxylation is 1. The maximum Gasteiger partial charge on any atom is 0.357 e. The first-order chi connectivity index (χ1) is 9.84. The summed E-state index contributed by atoms with van der Waals surface area (Å²) in [6.45, 7) is 6.34. The van der Waals surface area contributed by atoms with Crippen molar-refractivity contribution in [3.05, 3.63) is 27.7 Å². The van der Waals surface area contributed by atoms with Crippen molar-refractivity contribution in [3.63, 3.8) is 0 Å². The monoisotopic (exact) mass is 293 g/mol. The molecule has 1 aromatic rings. The smallest absolute Gasteiger partial charge is 0.357 e. The van der Waals surface area contributed by atoms with Gasteiger partial charge in [-0.05, 0) is 26.8 Å². The van der Waals surface area contributed by atoms with Crippen molar-refractivity contribution < 1.29 is 14.3 Å². The molecule has 1 aliphatic rings. The van der Waals surface area contributed by atoms with Crippen LogP contribution in [0.3, 0.4) is 0 Å². The Morgan fingerprint density at radius 2 is 2.24 bits per heavy atom. The van der Waals surface area contributed by atoms with Gasteiger partial charge in [0.1, 0.15) is 6.61 Å². The predicted molar refractivity (Wildman–Crippen MR) is 78.5 cm³/mol. The van der Waals surface area contributed by atoms with Crippen molar-refractivity contribution in [2.45, 2.75) is 26.3 Å². The Balaban J connectivity index is 2.32. The number of nitrogens with one attached hydrogen (secondary N) is 1. The van der Waals surface area contributed by atoms with E-state index in [2.05, 4.69) is 10.1 Å². The van der Waals surface area contributed by atoms with Crippen LogP contribution in [0.4, 0.5) is 0 Å². The molecule has 0 aromatic carbocycles. The van der Waals surface area contributed by atoms with Gasteiger partial charge >= 0.3 is 5.97 Å². The van der Waals surface area contributed by atoms with Gasteiger partial charge in [-0.3, -0.25) is 14.6 Å². The molecule has 21 heavy (non-hydrogen) atoms. The van der Waals surface area contributed by atoms with Crippen LogP contribution in [0.5, 0.6) is 0 Å². The van der Waals surface area contributed by atoms with Gasteiger partial charge in [0.15, 0.2) is 5.69 Å². The molecule has 2 heterocycles. The quantitative estimate of drug-likeness (QED) is 0.843. The molecule has 1 aromatic heterocycles. The summed E-state index contributed by atoms with van der Waals surface area (Å²) in [5.41, 5.74) is -0.232. The van der Waals surface area contributed by atoms with E-state index in [4.69, 9.17) is 9.47 Å². The zero-order chi connectivity index (χ0) is 15.6. The van der Waals surface area contributed by atoms with E-state index in [9.17, 15) is 9.59 Å². The zero-order valence-corrected chi connectivity index (χ0v) is 12.6. The first-order valence-corrected chi connectivity index (χ1v) is 6.71. The largest absolute Gasteiger partial charge is 0.475 e. The Bertz CT molecular complexity index is 664. The molecule has 0 aliphatic carbocycles. The first kappa shape index (κ1) is 15.1. The Labute approximate surface area is 122 Å². The number of nitrogens with zero attached hydrogens (tertiary/aromatic N) is 2. The van der Waals surface area contributed by atoms with Gasteiger partial charge in [0.2, 0.25) is 5.90 Å². The number of aromatic nitrogens is 2. The minimum absolute atomic E-state index is 0.124. The Hall–Kier alpha value is -2.31. The van der Waals surface area contributed by atoms with Crippen LogP contribution in [-0.4, -0.2) is 40.4 Å². The molecule has 0 atom stereocenters. The SMILES string of the molecule is CCOC(=O)c1[nH]n(C)c(=O)c1C=CC1=NC(C)(C)CO1. The van der Waals surface area contributed by atoms with Gasteiger partial charge in [-0.1, -0.05) is 0 Å². The summed E-state index contributed by atoms with van der Waals surface area (Å²) in [5, 5.41) is 2.69. The maximum absolute atomic E-state index is 12.0. The number of hydrogen-bond acceptors (Lipinski definition) is 5. The molecule has 7 heteroatoms. The molecular weight excluding hydrogens is 274 g/mol. The van der Waals surface area contributed by atoms with E-state index in [0.29, 0.717) is 12.5 Å². The fourth-order valence-electron chi connectivity index (χ4n) is 1.93. The van der Waals surface area contributed by atoms with Crippen molar-refractivity contribution in [1.29, 1.82) is 0 Å². The fraction of sp³-hybridized carbons (Fsp3) is 0.500. The van der Waals surface area contributed by atoms with Crippen LogP contribution in [-0.2, 0) is 16.5 Å².